The Morgan fingerprint density at radius 1 is 0.460 bits per heavy atom. The summed E-state index contributed by atoms with van der Waals surface area (Å²) in [6, 6.07) is 45.7. The summed E-state index contributed by atoms with van der Waals surface area (Å²) in [5, 5.41) is 10.8. The number of fused-ring (bicyclic) bond motifs is 4. The number of halogens is 2. The molecule has 0 N–H and O–H groups in total. The van der Waals surface area contributed by atoms with E-state index >= 15 is 0 Å². The first kappa shape index (κ1) is 36.6. The molecule has 0 amide bonds. The number of allylic oxidation sites excluding steroid dienone is 2. The van der Waals surface area contributed by atoms with Gasteiger partial charge >= 0.3 is 291 Å². The topological polar surface area (TPSA) is 0 Å². The Labute approximate surface area is 313 Å². The van der Waals surface area contributed by atoms with E-state index in [2.05, 4.69) is 179 Å². The second kappa shape index (κ2) is 13.4. The molecule has 6 aromatic rings. The Bertz CT molecular complexity index is 2230. The molecule has 0 saturated carbocycles. The van der Waals surface area contributed by atoms with E-state index in [-0.39, 0.29) is 24.8 Å². The summed E-state index contributed by atoms with van der Waals surface area (Å²) < 4.78 is 0.925. The average Bonchev–Trinajstić information content (AvgIpc) is 3.70. The van der Waals surface area contributed by atoms with Crippen LogP contribution in [0.25, 0.3) is 56.0 Å². The monoisotopic (exact) mass is 746 g/mol. The van der Waals surface area contributed by atoms with Gasteiger partial charge < -0.3 is 0 Å². The molecule has 0 heterocycles. The van der Waals surface area contributed by atoms with Crippen molar-refractivity contribution in [2.24, 2.45) is 11.8 Å². The third kappa shape index (κ3) is 5.71. The summed E-state index contributed by atoms with van der Waals surface area (Å²) in [7, 11) is 2.45. The molecule has 2 aliphatic rings. The summed E-state index contributed by atoms with van der Waals surface area (Å²) in [6.07, 6.45) is 5.24. The van der Waals surface area contributed by atoms with Gasteiger partial charge in [-0.15, -0.1) is 24.8 Å². The zero-order chi connectivity index (χ0) is 33.4. The summed E-state index contributed by atoms with van der Waals surface area (Å²) in [6.45, 7) is 9.70. The van der Waals surface area contributed by atoms with E-state index in [1.54, 1.807) is 22.3 Å². The Balaban J connectivity index is 0.00000216. The van der Waals surface area contributed by atoms with E-state index < -0.39 is 14.0 Å². The Kier molecular flexibility index (Phi) is 9.83. The normalized spacial score (nSPS) is 16.9. The minimum absolute atomic E-state index is 0. The van der Waals surface area contributed by atoms with Crippen molar-refractivity contribution in [3.63, 3.8) is 0 Å². The summed E-state index contributed by atoms with van der Waals surface area (Å²) in [4.78, 5) is 0. The fraction of sp³-hybridized carbons (Fsp3) is 0.217. The number of rotatable bonds is 6. The zero-order valence-corrected chi connectivity index (χ0v) is 34.6. The number of hydrogen-bond acceptors (Lipinski definition) is 0. The van der Waals surface area contributed by atoms with Gasteiger partial charge in [0.25, 0.3) is 0 Å². The molecule has 4 heteroatoms. The van der Waals surface area contributed by atoms with Gasteiger partial charge in [-0.3, -0.25) is 0 Å². The largest absolute Gasteiger partial charge is 0.147 e. The molecule has 0 saturated heterocycles. The van der Waals surface area contributed by atoms with Crippen LogP contribution < -0.4 is 0 Å². The molecule has 2 unspecified atom stereocenters. The fourth-order valence-corrected chi connectivity index (χ4v) is 22.5. The minimum atomic E-state index is -3.53. The third-order valence-electron chi connectivity index (χ3n) is 11.6. The Morgan fingerprint density at radius 3 is 1.20 bits per heavy atom. The van der Waals surface area contributed by atoms with Crippen molar-refractivity contribution in [2.45, 2.75) is 46.6 Å². The first-order valence-corrected chi connectivity index (χ1v) is 26.7. The first-order chi connectivity index (χ1) is 23.0. The molecule has 254 valence electrons. The molecule has 50 heavy (non-hydrogen) atoms. The number of hydrogen-bond donors (Lipinski definition) is 0. The van der Waals surface area contributed by atoms with E-state index in [0.29, 0.717) is 20.3 Å². The first-order valence-electron chi connectivity index (χ1n) is 17.8. The molecule has 0 fully saturated rings. The predicted octanol–water partition coefficient (Wildman–Crippen LogP) is 13.4. The third-order valence-corrected chi connectivity index (χ3v) is 22.9. The molecular formula is C46H48Cl2SiTi. The maximum Gasteiger partial charge on any atom is -0.147 e. The molecule has 6 aromatic carbocycles. The van der Waals surface area contributed by atoms with Crippen molar-refractivity contribution in [1.82, 2.24) is 0 Å². The van der Waals surface area contributed by atoms with Gasteiger partial charge in [-0.2, -0.15) is 0 Å². The molecule has 0 bridgehead atoms. The quantitative estimate of drug-likeness (QED) is 0.149. The molecule has 0 spiro atoms. The van der Waals surface area contributed by atoms with Gasteiger partial charge in [-0.25, -0.2) is 0 Å². The van der Waals surface area contributed by atoms with Gasteiger partial charge in [-0.1, -0.05) is 0 Å². The molecule has 0 nitrogen and oxygen atoms in total. The maximum atomic E-state index is 2.77. The SMILES string of the molecule is CC(C)C1=Cc2c(-c3cccc4ccccc34)cccc2[CH]1[Ti]([CH3])([CH3])(=[SiH2])[CH]1C(C(C)C)=Cc2c(-c3cccc4ccccc34)cccc21.Cl.Cl. The summed E-state index contributed by atoms with van der Waals surface area (Å²) in [5.41, 5.74) is 14.7. The molecular weight excluding hydrogens is 699 g/mol. The van der Waals surface area contributed by atoms with Crippen molar-refractivity contribution in [2.75, 3.05) is 0 Å². The molecule has 2 aliphatic carbocycles. The van der Waals surface area contributed by atoms with Crippen LogP contribution in [0.2, 0.25) is 10.5 Å². The van der Waals surface area contributed by atoms with Crippen LogP contribution in [-0.4, -0.2) is 7.63 Å². The van der Waals surface area contributed by atoms with Crippen molar-refractivity contribution >= 4 is 66.1 Å². The zero-order valence-electron chi connectivity index (χ0n) is 30.0. The van der Waals surface area contributed by atoms with Crippen LogP contribution in [0.1, 0.15) is 58.4 Å². The standard InChI is InChI=1S/2C22H19.2CH3.2ClH.H2Si.Ti/c2*1-15(2)18-13-17-9-6-12-21(22(17)14-18)20-11-5-8-16-7-3-4-10-19(16)20;;;;;;/h2*3-15H,1-2H3;2*1H3;2*1H;1H2;. The Morgan fingerprint density at radius 2 is 0.800 bits per heavy atom. The second-order valence-corrected chi connectivity index (χ2v) is 36.2. The fourth-order valence-electron chi connectivity index (χ4n) is 9.52. The van der Waals surface area contributed by atoms with Gasteiger partial charge in [0.1, 0.15) is 0 Å². The van der Waals surface area contributed by atoms with E-state index in [1.165, 1.54) is 54.9 Å². The van der Waals surface area contributed by atoms with Crippen LogP contribution in [0.15, 0.2) is 132 Å². The molecule has 2 atom stereocenters. The molecule has 0 aromatic heterocycles. The van der Waals surface area contributed by atoms with Crippen LogP contribution in [0.4, 0.5) is 0 Å². The van der Waals surface area contributed by atoms with Gasteiger partial charge in [0, 0.05) is 0 Å². The molecule has 0 aliphatic heterocycles. The van der Waals surface area contributed by atoms with Crippen molar-refractivity contribution in [3.8, 4) is 22.3 Å². The summed E-state index contributed by atoms with van der Waals surface area (Å²) in [5.74, 6) is 0.953. The average molecular weight is 748 g/mol. The van der Waals surface area contributed by atoms with Crippen LogP contribution in [0.3, 0.4) is 0 Å². The van der Waals surface area contributed by atoms with Crippen molar-refractivity contribution in [1.29, 1.82) is 0 Å². The van der Waals surface area contributed by atoms with Crippen molar-refractivity contribution < 1.29 is 14.0 Å². The van der Waals surface area contributed by atoms with Gasteiger partial charge in [-0.05, 0) is 0 Å². The smallest absolute Gasteiger partial charge is 0.147 e. The number of benzene rings is 6. The van der Waals surface area contributed by atoms with Gasteiger partial charge in [0.2, 0.25) is 0 Å². The van der Waals surface area contributed by atoms with Crippen LogP contribution >= 0.6 is 24.8 Å². The van der Waals surface area contributed by atoms with Crippen LogP contribution in [-0.2, 0) is 14.0 Å². The van der Waals surface area contributed by atoms with E-state index in [0.717, 1.165) is 0 Å². The minimum Gasteiger partial charge on any atom is -0.147 e. The van der Waals surface area contributed by atoms with E-state index in [1.807, 2.05) is 0 Å². The predicted molar refractivity (Wildman–Crippen MR) is 225 cm³/mol. The Hall–Kier alpha value is -3.17. The van der Waals surface area contributed by atoms with Crippen LogP contribution in [0.5, 0.6) is 0 Å². The molecule has 8 rings (SSSR count). The summed E-state index contributed by atoms with van der Waals surface area (Å²) >= 11 is -3.53. The second-order valence-electron chi connectivity index (χ2n) is 16.1. The van der Waals surface area contributed by atoms with Gasteiger partial charge in [0.05, 0.1) is 0 Å². The van der Waals surface area contributed by atoms with Gasteiger partial charge in [0.15, 0.2) is 0 Å². The molecule has 0 radical (unpaired) electrons. The van der Waals surface area contributed by atoms with E-state index in [9.17, 15) is 0 Å². The van der Waals surface area contributed by atoms with Crippen molar-refractivity contribution in [3.05, 3.63) is 155 Å². The van der Waals surface area contributed by atoms with E-state index in [4.69, 9.17) is 0 Å². The van der Waals surface area contributed by atoms with Crippen LogP contribution in [0, 0.1) is 11.8 Å². The maximum absolute atomic E-state index is 3.53.